The summed E-state index contributed by atoms with van der Waals surface area (Å²) in [5.41, 5.74) is 1.22. The number of phenolic OH excluding ortho intramolecular Hbond substituents is 1. The van der Waals surface area contributed by atoms with Crippen molar-refractivity contribution in [3.63, 3.8) is 0 Å². The Kier molecular flexibility index (Phi) is 6.61. The summed E-state index contributed by atoms with van der Waals surface area (Å²) in [6.07, 6.45) is -5.08. The summed E-state index contributed by atoms with van der Waals surface area (Å²) < 4.78 is 51.4. The lowest BCUT2D eigenvalue weighted by Crippen LogP contribution is -2.16. The summed E-state index contributed by atoms with van der Waals surface area (Å²) in [6, 6.07) is 7.73. The van der Waals surface area contributed by atoms with Gasteiger partial charge in [-0.05, 0) is 43.7 Å². The van der Waals surface area contributed by atoms with E-state index in [9.17, 15) is 27.9 Å². The Labute approximate surface area is 180 Å². The number of esters is 2. The monoisotopic (exact) mass is 451 g/mol. The maximum Gasteiger partial charge on any atom is 0.573 e. The Morgan fingerprint density at radius 3 is 2.25 bits per heavy atom. The molecule has 1 heterocycles. The summed E-state index contributed by atoms with van der Waals surface area (Å²) in [5.74, 6) is -1.93. The Morgan fingerprint density at radius 2 is 1.66 bits per heavy atom. The van der Waals surface area contributed by atoms with Crippen LogP contribution < -0.4 is 4.74 Å². The molecule has 0 bridgehead atoms. The highest BCUT2D eigenvalue weighted by molar-refractivity contribution is 6.13. The second kappa shape index (κ2) is 9.21. The van der Waals surface area contributed by atoms with Crippen LogP contribution in [0.4, 0.5) is 13.2 Å². The molecule has 10 heteroatoms. The van der Waals surface area contributed by atoms with Crippen molar-refractivity contribution >= 4 is 22.8 Å². The molecule has 2 N–H and O–H groups in total. The number of phenols is 1. The minimum absolute atomic E-state index is 0.0384. The van der Waals surface area contributed by atoms with Crippen LogP contribution in [0.3, 0.4) is 0 Å². The summed E-state index contributed by atoms with van der Waals surface area (Å²) in [5, 5.41) is 10.8. The van der Waals surface area contributed by atoms with Crippen LogP contribution in [0, 0.1) is 0 Å². The second-order valence-electron chi connectivity index (χ2n) is 6.64. The number of aromatic hydroxyl groups is 1. The molecule has 0 saturated heterocycles. The van der Waals surface area contributed by atoms with Gasteiger partial charge in [0.25, 0.3) is 0 Å². The molecular weight excluding hydrogens is 431 g/mol. The zero-order chi connectivity index (χ0) is 23.5. The van der Waals surface area contributed by atoms with E-state index in [-0.39, 0.29) is 47.6 Å². The van der Waals surface area contributed by atoms with E-state index in [0.29, 0.717) is 11.1 Å². The second-order valence-corrected chi connectivity index (χ2v) is 6.64. The SMILES string of the molecule is CCOC(=O)Cc1[nH]c2ccc(O)c(-c3ccc(OC(F)(F)F)cc3)c2c1C(=O)OCC. The molecule has 0 amide bonds. The molecule has 0 aliphatic carbocycles. The third kappa shape index (κ3) is 4.96. The van der Waals surface area contributed by atoms with Gasteiger partial charge in [0.05, 0.1) is 25.2 Å². The van der Waals surface area contributed by atoms with Gasteiger partial charge >= 0.3 is 18.3 Å². The molecule has 0 saturated carbocycles. The van der Waals surface area contributed by atoms with E-state index in [0.717, 1.165) is 12.1 Å². The average molecular weight is 451 g/mol. The average Bonchev–Trinajstić information content (AvgIpc) is 3.06. The first-order valence-electron chi connectivity index (χ1n) is 9.70. The molecule has 0 atom stereocenters. The number of fused-ring (bicyclic) bond motifs is 1. The van der Waals surface area contributed by atoms with Crippen molar-refractivity contribution in [1.82, 2.24) is 4.98 Å². The maximum atomic E-state index is 12.8. The number of benzene rings is 2. The van der Waals surface area contributed by atoms with Gasteiger partial charge in [-0.15, -0.1) is 13.2 Å². The van der Waals surface area contributed by atoms with Crippen molar-refractivity contribution in [2.75, 3.05) is 13.2 Å². The zero-order valence-corrected chi connectivity index (χ0v) is 17.2. The van der Waals surface area contributed by atoms with Gasteiger partial charge in [-0.25, -0.2) is 4.79 Å². The fourth-order valence-corrected chi connectivity index (χ4v) is 3.36. The first-order chi connectivity index (χ1) is 15.1. The number of ether oxygens (including phenoxy) is 3. The number of hydrogen-bond acceptors (Lipinski definition) is 6. The normalized spacial score (nSPS) is 11.4. The van der Waals surface area contributed by atoms with Crippen LogP contribution in [0.2, 0.25) is 0 Å². The van der Waals surface area contributed by atoms with Crippen molar-refractivity contribution in [1.29, 1.82) is 0 Å². The van der Waals surface area contributed by atoms with Crippen molar-refractivity contribution in [3.05, 3.63) is 47.7 Å². The van der Waals surface area contributed by atoms with E-state index >= 15 is 0 Å². The molecule has 0 fully saturated rings. The summed E-state index contributed by atoms with van der Waals surface area (Å²) >= 11 is 0. The first-order valence-corrected chi connectivity index (χ1v) is 9.70. The fourth-order valence-electron chi connectivity index (χ4n) is 3.36. The van der Waals surface area contributed by atoms with Crippen LogP contribution in [-0.4, -0.2) is 41.6 Å². The van der Waals surface area contributed by atoms with Crippen LogP contribution in [0.15, 0.2) is 36.4 Å². The molecule has 3 rings (SSSR count). The van der Waals surface area contributed by atoms with E-state index in [1.54, 1.807) is 13.8 Å². The van der Waals surface area contributed by atoms with Gasteiger partial charge in [-0.1, -0.05) is 12.1 Å². The number of alkyl halides is 3. The number of carbonyl (C=O) groups is 2. The molecule has 0 unspecified atom stereocenters. The lowest BCUT2D eigenvalue weighted by Gasteiger charge is -2.12. The van der Waals surface area contributed by atoms with E-state index in [4.69, 9.17) is 9.47 Å². The number of halogens is 3. The molecular formula is C22H20F3NO6. The van der Waals surface area contributed by atoms with Crippen molar-refractivity contribution in [2.24, 2.45) is 0 Å². The van der Waals surface area contributed by atoms with Crippen LogP contribution in [0.25, 0.3) is 22.0 Å². The Bertz CT molecular complexity index is 1140. The molecule has 1 aromatic heterocycles. The maximum absolute atomic E-state index is 12.8. The molecule has 0 aliphatic heterocycles. The number of H-pyrrole nitrogens is 1. The first kappa shape index (κ1) is 23.0. The van der Waals surface area contributed by atoms with Gasteiger partial charge in [0.15, 0.2) is 0 Å². The molecule has 3 aromatic rings. The highest BCUT2D eigenvalue weighted by Crippen LogP contribution is 2.40. The molecule has 0 spiro atoms. The molecule has 7 nitrogen and oxygen atoms in total. The largest absolute Gasteiger partial charge is 0.573 e. The molecule has 0 aliphatic rings. The third-order valence-corrected chi connectivity index (χ3v) is 4.50. The Morgan fingerprint density at radius 1 is 1.00 bits per heavy atom. The predicted octanol–water partition coefficient (Wildman–Crippen LogP) is 4.72. The van der Waals surface area contributed by atoms with Crippen molar-refractivity contribution in [3.8, 4) is 22.6 Å². The van der Waals surface area contributed by atoms with Gasteiger partial charge in [0.1, 0.15) is 11.5 Å². The van der Waals surface area contributed by atoms with E-state index in [2.05, 4.69) is 9.72 Å². The van der Waals surface area contributed by atoms with Gasteiger partial charge in [0, 0.05) is 22.2 Å². The van der Waals surface area contributed by atoms with Gasteiger partial charge < -0.3 is 24.3 Å². The van der Waals surface area contributed by atoms with Gasteiger partial charge in [-0.2, -0.15) is 0 Å². The zero-order valence-electron chi connectivity index (χ0n) is 17.2. The van der Waals surface area contributed by atoms with Crippen LogP contribution >= 0.6 is 0 Å². The third-order valence-electron chi connectivity index (χ3n) is 4.50. The smallest absolute Gasteiger partial charge is 0.507 e. The Balaban J connectivity index is 2.18. The number of carbonyl (C=O) groups excluding carboxylic acids is 2. The van der Waals surface area contributed by atoms with Crippen LogP contribution in [0.5, 0.6) is 11.5 Å². The summed E-state index contributed by atoms with van der Waals surface area (Å²) in [4.78, 5) is 27.8. The number of rotatable bonds is 7. The van der Waals surface area contributed by atoms with Crippen LogP contribution in [-0.2, 0) is 20.7 Å². The highest BCUT2D eigenvalue weighted by Gasteiger charge is 2.31. The van der Waals surface area contributed by atoms with Gasteiger partial charge in [0.2, 0.25) is 0 Å². The van der Waals surface area contributed by atoms with Crippen molar-refractivity contribution < 1.29 is 42.1 Å². The standard InChI is InChI=1S/C22H20F3NO6/c1-3-30-17(28)11-15-20(21(29)31-4-2)19-14(26-15)9-10-16(27)18(19)12-5-7-13(8-6-12)32-22(23,24)25/h5-10,26-27H,3-4,11H2,1-2H3. The van der Waals surface area contributed by atoms with E-state index < -0.39 is 24.1 Å². The summed E-state index contributed by atoms with van der Waals surface area (Å²) in [7, 11) is 0. The molecule has 170 valence electrons. The van der Waals surface area contributed by atoms with E-state index in [1.165, 1.54) is 24.3 Å². The lowest BCUT2D eigenvalue weighted by atomic mass is 9.96. The Hall–Kier alpha value is -3.69. The molecule has 2 aromatic carbocycles. The minimum atomic E-state index is -4.84. The topological polar surface area (TPSA) is 97.9 Å². The number of aromatic amines is 1. The van der Waals surface area contributed by atoms with Gasteiger partial charge in [-0.3, -0.25) is 4.79 Å². The minimum Gasteiger partial charge on any atom is -0.507 e. The number of hydrogen-bond donors (Lipinski definition) is 2. The lowest BCUT2D eigenvalue weighted by molar-refractivity contribution is -0.274. The van der Waals surface area contributed by atoms with Crippen LogP contribution in [0.1, 0.15) is 29.9 Å². The molecule has 32 heavy (non-hydrogen) atoms. The number of nitrogens with one attached hydrogen (secondary N) is 1. The summed E-state index contributed by atoms with van der Waals surface area (Å²) in [6.45, 7) is 3.50. The van der Waals surface area contributed by atoms with E-state index in [1.807, 2.05) is 0 Å². The predicted molar refractivity (Wildman–Crippen MR) is 108 cm³/mol. The number of aromatic nitrogens is 1. The highest BCUT2D eigenvalue weighted by atomic mass is 19.4. The van der Waals surface area contributed by atoms with Crippen molar-refractivity contribution in [2.45, 2.75) is 26.6 Å². The quantitative estimate of drug-likeness (QED) is 0.505. The molecule has 0 radical (unpaired) electrons. The fraction of sp³-hybridized carbons (Fsp3) is 0.273.